The zero-order valence-electron chi connectivity index (χ0n) is 51.3. The first-order chi connectivity index (χ1) is 46.2. The van der Waals surface area contributed by atoms with Crippen LogP contribution in [0.1, 0.15) is 44.8 Å². The number of alkyl halides is 6. The van der Waals surface area contributed by atoms with Gasteiger partial charge in [0, 0.05) is 44.2 Å². The molecular weight excluding hydrogens is 1480 g/mol. The van der Waals surface area contributed by atoms with Gasteiger partial charge in [0.25, 0.3) is 0 Å². The molecule has 2 N–H and O–H groups in total. The van der Waals surface area contributed by atoms with E-state index in [0.29, 0.717) is 62.5 Å². The summed E-state index contributed by atoms with van der Waals surface area (Å²) in [5.41, 5.74) is 5.27. The SMILES string of the molecule is FC(F)(F)c1cc(-c2ccccn2)[nH]n1.FC(F)(F)c1cc(-c2ccccn2)[nH]n1.O=P([O-])(c1ccccc1)c1ccccc1Cc1ccccc1.O=P([O-])(c1ccccc1)c1ccccc1Cc1ccccc1.O=P([O-])(c1ccccc1)c1ccccc1Cc1ccccc1.[Ir+3]. The van der Waals surface area contributed by atoms with E-state index in [9.17, 15) is 54.7 Å². The predicted molar refractivity (Wildman–Crippen MR) is 361 cm³/mol. The molecule has 4 aromatic heterocycles. The van der Waals surface area contributed by atoms with Gasteiger partial charge in [-0.05, 0) is 89.0 Å². The third-order valence-electron chi connectivity index (χ3n) is 14.5. The number of nitrogens with one attached hydrogen (secondary N) is 2. The normalized spacial score (nSPS) is 12.8. The molecule has 0 aliphatic rings. The van der Waals surface area contributed by atoms with Gasteiger partial charge in [-0.3, -0.25) is 20.2 Å². The van der Waals surface area contributed by atoms with E-state index in [1.54, 1.807) is 146 Å². The summed E-state index contributed by atoms with van der Waals surface area (Å²) in [6.45, 7) is 0. The topological polar surface area (TPSA) is 204 Å². The number of rotatable bonds is 14. The van der Waals surface area contributed by atoms with Crippen LogP contribution in [0.2, 0.25) is 0 Å². The molecule has 0 saturated heterocycles. The molecule has 3 atom stereocenters. The average molecular weight is 1540 g/mol. The van der Waals surface area contributed by atoms with Crippen LogP contribution in [0.25, 0.3) is 22.8 Å². The Hall–Kier alpha value is -9.50. The molecule has 0 aliphatic heterocycles. The second kappa shape index (κ2) is 34.4. The molecule has 13 aromatic rings. The maximum absolute atomic E-state index is 12.9. The van der Waals surface area contributed by atoms with Crippen LogP contribution in [-0.2, 0) is 65.4 Å². The summed E-state index contributed by atoms with van der Waals surface area (Å²) in [6.07, 6.45) is -4.03. The number of hydrogen-bond acceptors (Lipinski definition) is 10. The first kappa shape index (κ1) is 73.3. The summed E-state index contributed by atoms with van der Waals surface area (Å²) in [4.78, 5) is 46.4. The second-order valence-corrected chi connectivity index (χ2v) is 27.6. The van der Waals surface area contributed by atoms with Crippen LogP contribution >= 0.6 is 22.1 Å². The molecule has 0 bridgehead atoms. The summed E-state index contributed by atoms with van der Waals surface area (Å²) in [5.74, 6) is 0. The molecule has 3 unspecified atom stereocenters. The minimum atomic E-state index is -4.43. The molecule has 13 rings (SSSR count). The van der Waals surface area contributed by atoms with E-state index in [2.05, 4.69) is 30.4 Å². The van der Waals surface area contributed by atoms with Gasteiger partial charge in [0.15, 0.2) is 11.4 Å². The van der Waals surface area contributed by atoms with E-state index in [4.69, 9.17) is 0 Å². The van der Waals surface area contributed by atoms with Gasteiger partial charge in [0.1, 0.15) is 0 Å². The number of halogens is 6. The number of benzene rings is 9. The van der Waals surface area contributed by atoms with E-state index < -0.39 is 45.8 Å². The summed E-state index contributed by atoms with van der Waals surface area (Å²) in [7, 11) is -11.5. The molecule has 0 aliphatic carbocycles. The quantitative estimate of drug-likeness (QED) is 0.0779. The Kier molecular flexibility index (Phi) is 26.0. The van der Waals surface area contributed by atoms with Gasteiger partial charge in [0.05, 0.1) is 44.9 Å². The van der Waals surface area contributed by atoms with E-state index in [-0.39, 0.29) is 31.5 Å². The van der Waals surface area contributed by atoms with Crippen LogP contribution in [0.4, 0.5) is 26.3 Å². The van der Waals surface area contributed by atoms with Crippen molar-refractivity contribution in [1.29, 1.82) is 0 Å². The smallest absolute Gasteiger partial charge is 0.793 e. The third kappa shape index (κ3) is 20.5. The number of H-pyrrole nitrogens is 2. The molecule has 9 aromatic carbocycles. The Morgan fingerprint density at radius 3 is 0.794 bits per heavy atom. The predicted octanol–water partition coefficient (Wildman–Crippen LogP) is 13.6. The largest absolute Gasteiger partial charge is 3.00 e. The molecule has 0 spiro atoms. The van der Waals surface area contributed by atoms with Crippen LogP contribution in [-0.4, -0.2) is 30.4 Å². The Labute approximate surface area is 570 Å². The molecule has 4 heterocycles. The monoisotopic (exact) mass is 1540 g/mol. The Bertz CT molecular complexity index is 4270. The summed E-state index contributed by atoms with van der Waals surface area (Å²) >= 11 is 0. The van der Waals surface area contributed by atoms with Crippen molar-refractivity contribution in [3.8, 4) is 22.8 Å². The zero-order chi connectivity index (χ0) is 68.0. The Balaban J connectivity index is 0.000000156. The fraction of sp³-hybridized carbons (Fsp3) is 0.0667. The maximum Gasteiger partial charge on any atom is 3.00 e. The zero-order valence-corrected chi connectivity index (χ0v) is 56.4. The van der Waals surface area contributed by atoms with Gasteiger partial charge < -0.3 is 28.4 Å². The number of nitrogens with zero attached hydrogens (tertiary/aromatic N) is 4. The molecule has 22 heteroatoms. The van der Waals surface area contributed by atoms with Gasteiger partial charge in [-0.2, -0.15) is 36.5 Å². The van der Waals surface area contributed by atoms with Crippen LogP contribution in [0.3, 0.4) is 0 Å². The number of aromatic amines is 2. The molecule has 492 valence electrons. The fourth-order valence-corrected chi connectivity index (χ4v) is 14.8. The average Bonchev–Trinajstić information content (AvgIpc) is 1.67. The minimum absolute atomic E-state index is 0. The fourth-order valence-electron chi connectivity index (χ4n) is 9.82. The molecule has 0 radical (unpaired) electrons. The molecule has 0 saturated carbocycles. The van der Waals surface area contributed by atoms with E-state index in [1.165, 1.54) is 12.4 Å². The van der Waals surface area contributed by atoms with Crippen molar-refractivity contribution in [2.45, 2.75) is 31.6 Å². The van der Waals surface area contributed by atoms with Gasteiger partial charge >= 0.3 is 32.5 Å². The Morgan fingerprint density at radius 1 is 0.320 bits per heavy atom. The minimum Gasteiger partial charge on any atom is -0.793 e. The van der Waals surface area contributed by atoms with Gasteiger partial charge in [-0.1, -0.05) is 267 Å². The van der Waals surface area contributed by atoms with E-state index in [0.717, 1.165) is 45.5 Å². The maximum atomic E-state index is 12.9. The van der Waals surface area contributed by atoms with Gasteiger partial charge in [0.2, 0.25) is 0 Å². The summed E-state index contributed by atoms with van der Waals surface area (Å²) in [5, 5.41) is 13.2. The van der Waals surface area contributed by atoms with Crippen LogP contribution in [0.5, 0.6) is 0 Å². The Morgan fingerprint density at radius 2 is 0.557 bits per heavy atom. The first-order valence-electron chi connectivity index (χ1n) is 29.7. The van der Waals surface area contributed by atoms with Gasteiger partial charge in [-0.25, -0.2) is 0 Å². The van der Waals surface area contributed by atoms with Crippen molar-refractivity contribution >= 4 is 53.9 Å². The number of hydrogen-bond donors (Lipinski definition) is 2. The van der Waals surface area contributed by atoms with Crippen molar-refractivity contribution in [2.24, 2.45) is 0 Å². The summed E-state index contributed by atoms with van der Waals surface area (Å²) < 4.78 is 112. The van der Waals surface area contributed by atoms with E-state index in [1.807, 2.05) is 146 Å². The van der Waals surface area contributed by atoms with Crippen molar-refractivity contribution < 1.29 is 74.8 Å². The third-order valence-corrected chi connectivity index (χ3v) is 20.7. The van der Waals surface area contributed by atoms with Crippen molar-refractivity contribution in [1.82, 2.24) is 30.4 Å². The molecule has 97 heavy (non-hydrogen) atoms. The summed E-state index contributed by atoms with van der Waals surface area (Å²) in [6, 6.07) is 89.1. The molecule has 0 amide bonds. The van der Waals surface area contributed by atoms with Crippen molar-refractivity contribution in [3.63, 3.8) is 0 Å². The number of aromatic nitrogens is 6. The molecular formula is C75H60F6IrN6O6P3. The van der Waals surface area contributed by atoms with Crippen LogP contribution in [0, 0.1) is 0 Å². The van der Waals surface area contributed by atoms with E-state index >= 15 is 0 Å². The van der Waals surface area contributed by atoms with Crippen molar-refractivity contribution in [2.75, 3.05) is 0 Å². The standard InChI is InChI=1S/3C19H17O2P.2C9H6F3N3.Ir/c3*20-22(21,18-12-5-2-6-13-18)19-14-8-7-11-17(19)15-16-9-3-1-4-10-16;2*10-9(11,12)8-5-7(14-15-8)6-3-1-2-4-13-6;/h3*1-14H,15H2,(H,20,21);2*1-5H,(H,14,15);/q;;;;;+3/p-3. The van der Waals surface area contributed by atoms with Crippen LogP contribution < -0.4 is 46.5 Å². The van der Waals surface area contributed by atoms with Crippen LogP contribution in [0.15, 0.2) is 316 Å². The molecule has 12 nitrogen and oxygen atoms in total. The second-order valence-electron chi connectivity index (χ2n) is 21.3. The molecule has 0 fully saturated rings. The van der Waals surface area contributed by atoms with Gasteiger partial charge in [-0.15, -0.1) is 0 Å². The first-order valence-corrected chi connectivity index (χ1v) is 34.6. The number of pyridine rings is 2. The van der Waals surface area contributed by atoms with Crippen molar-refractivity contribution in [3.05, 3.63) is 360 Å².